The van der Waals surface area contributed by atoms with E-state index in [0.29, 0.717) is 11.5 Å². The van der Waals surface area contributed by atoms with Crippen LogP contribution < -0.4 is 4.74 Å². The second kappa shape index (κ2) is 12.4. The van der Waals surface area contributed by atoms with Crippen molar-refractivity contribution in [3.63, 3.8) is 0 Å². The summed E-state index contributed by atoms with van der Waals surface area (Å²) in [6.07, 6.45) is 6.48. The Morgan fingerprint density at radius 3 is 2.09 bits per heavy atom. The van der Waals surface area contributed by atoms with E-state index >= 15 is 0 Å². The van der Waals surface area contributed by atoms with Crippen molar-refractivity contribution in [2.75, 3.05) is 0 Å². The molecular formula is C29H33F5O. The van der Waals surface area contributed by atoms with Crippen LogP contribution in [0.15, 0.2) is 36.4 Å². The summed E-state index contributed by atoms with van der Waals surface area (Å²) in [5.74, 6) is 3.28. The third kappa shape index (κ3) is 8.56. The number of alkyl halides is 3. The molecule has 0 aromatic heterocycles. The molecule has 6 heteroatoms. The molecule has 0 spiro atoms. The highest BCUT2D eigenvalue weighted by atomic mass is 19.4. The highest BCUT2D eigenvalue weighted by Gasteiger charge is 2.34. The van der Waals surface area contributed by atoms with Crippen molar-refractivity contribution < 1.29 is 26.7 Å². The largest absolute Gasteiger partial charge is 0.573 e. The quantitative estimate of drug-likeness (QED) is 0.203. The predicted octanol–water partition coefficient (Wildman–Crippen LogP) is 8.83. The third-order valence-electron chi connectivity index (χ3n) is 6.99. The van der Waals surface area contributed by atoms with E-state index in [1.165, 1.54) is 56.9 Å². The van der Waals surface area contributed by atoms with Crippen LogP contribution in [0.3, 0.4) is 0 Å². The molecule has 35 heavy (non-hydrogen) atoms. The topological polar surface area (TPSA) is 9.23 Å². The highest BCUT2D eigenvalue weighted by Crippen LogP contribution is 2.37. The minimum absolute atomic E-state index is 0.0717. The van der Waals surface area contributed by atoms with Gasteiger partial charge in [-0.3, -0.25) is 0 Å². The zero-order valence-electron chi connectivity index (χ0n) is 20.4. The molecule has 2 aromatic rings. The normalized spacial score (nSPS) is 19.1. The number of halogens is 5. The molecule has 1 unspecified atom stereocenters. The van der Waals surface area contributed by atoms with Gasteiger partial charge in [0.2, 0.25) is 5.75 Å². The molecule has 2 aromatic carbocycles. The van der Waals surface area contributed by atoms with E-state index in [0.717, 1.165) is 30.4 Å². The number of hydrogen-bond acceptors (Lipinski definition) is 1. The van der Waals surface area contributed by atoms with Crippen LogP contribution in [-0.2, 0) is 6.42 Å². The number of ether oxygens (including phenoxy) is 1. The van der Waals surface area contributed by atoms with Gasteiger partial charge in [-0.2, -0.15) is 0 Å². The van der Waals surface area contributed by atoms with Crippen molar-refractivity contribution in [1.29, 1.82) is 0 Å². The van der Waals surface area contributed by atoms with Gasteiger partial charge in [-0.05, 0) is 66.8 Å². The van der Waals surface area contributed by atoms with E-state index in [4.69, 9.17) is 0 Å². The molecule has 3 rings (SSSR count). The Bertz CT molecular complexity index is 985. The number of unbranched alkanes of at least 4 members (excludes halogenated alkanes) is 2. The predicted molar refractivity (Wildman–Crippen MR) is 128 cm³/mol. The Morgan fingerprint density at radius 1 is 0.914 bits per heavy atom. The van der Waals surface area contributed by atoms with E-state index < -0.39 is 23.7 Å². The molecule has 1 nitrogen and oxygen atoms in total. The van der Waals surface area contributed by atoms with Crippen LogP contribution in [0.1, 0.15) is 81.9 Å². The van der Waals surface area contributed by atoms with Gasteiger partial charge in [0.25, 0.3) is 0 Å². The van der Waals surface area contributed by atoms with Gasteiger partial charge in [0.1, 0.15) is 0 Å². The Labute approximate surface area is 205 Å². The lowest BCUT2D eigenvalue weighted by Crippen LogP contribution is -2.21. The molecule has 0 N–H and O–H groups in total. The van der Waals surface area contributed by atoms with Crippen LogP contribution in [0.25, 0.3) is 0 Å². The van der Waals surface area contributed by atoms with Gasteiger partial charge >= 0.3 is 6.36 Å². The fraction of sp³-hybridized carbons (Fsp3) is 0.517. The van der Waals surface area contributed by atoms with Crippen molar-refractivity contribution in [3.05, 3.63) is 64.7 Å². The summed E-state index contributed by atoms with van der Waals surface area (Å²) in [6, 6.07) is 9.19. The average molecular weight is 493 g/mol. The lowest BCUT2D eigenvalue weighted by Gasteiger charge is -2.32. The first kappa shape index (κ1) is 27.0. The Balaban J connectivity index is 1.54. The SMILES string of the molecule is CCCCCC1CCC(C(C)Cc2ccc(C#Cc3cc(F)c(OC(F)(F)F)c(F)c3)cc2)CC1. The van der Waals surface area contributed by atoms with Crippen molar-refractivity contribution in [3.8, 4) is 17.6 Å². The van der Waals surface area contributed by atoms with Crippen LogP contribution in [0.5, 0.6) is 5.75 Å². The monoisotopic (exact) mass is 492 g/mol. The summed E-state index contributed by atoms with van der Waals surface area (Å²) in [5.41, 5.74) is 1.81. The number of hydrogen-bond donors (Lipinski definition) is 0. The number of benzene rings is 2. The molecule has 190 valence electrons. The second-order valence-electron chi connectivity index (χ2n) is 9.72. The fourth-order valence-corrected chi connectivity index (χ4v) is 4.98. The van der Waals surface area contributed by atoms with Gasteiger partial charge in [-0.25, -0.2) is 8.78 Å². The second-order valence-corrected chi connectivity index (χ2v) is 9.72. The Hall–Kier alpha value is -2.55. The summed E-state index contributed by atoms with van der Waals surface area (Å²) < 4.78 is 67.9. The van der Waals surface area contributed by atoms with Crippen LogP contribution in [0.4, 0.5) is 22.0 Å². The first-order valence-corrected chi connectivity index (χ1v) is 12.5. The third-order valence-corrected chi connectivity index (χ3v) is 6.99. The van der Waals surface area contributed by atoms with Gasteiger partial charge in [0.05, 0.1) is 0 Å². The first-order chi connectivity index (χ1) is 16.6. The van der Waals surface area contributed by atoms with E-state index in [-0.39, 0.29) is 5.56 Å². The minimum atomic E-state index is -5.18. The minimum Gasteiger partial charge on any atom is -0.399 e. The zero-order valence-corrected chi connectivity index (χ0v) is 20.4. The van der Waals surface area contributed by atoms with Crippen LogP contribution in [0.2, 0.25) is 0 Å². The summed E-state index contributed by atoms with van der Waals surface area (Å²) in [6.45, 7) is 4.57. The molecule has 1 atom stereocenters. The summed E-state index contributed by atoms with van der Waals surface area (Å²) in [7, 11) is 0. The molecule has 1 aliphatic rings. The Kier molecular flexibility index (Phi) is 9.60. The van der Waals surface area contributed by atoms with Gasteiger partial charge in [0.15, 0.2) is 11.6 Å². The molecule has 0 radical (unpaired) electrons. The molecular weight excluding hydrogens is 459 g/mol. The highest BCUT2D eigenvalue weighted by molar-refractivity contribution is 5.46. The maximum absolute atomic E-state index is 13.9. The van der Waals surface area contributed by atoms with E-state index in [9.17, 15) is 22.0 Å². The van der Waals surface area contributed by atoms with Crippen molar-refractivity contribution in [1.82, 2.24) is 0 Å². The zero-order chi connectivity index (χ0) is 25.4. The smallest absolute Gasteiger partial charge is 0.399 e. The lowest BCUT2D eigenvalue weighted by molar-refractivity contribution is -0.276. The van der Waals surface area contributed by atoms with Crippen molar-refractivity contribution in [2.24, 2.45) is 17.8 Å². The Morgan fingerprint density at radius 2 is 1.51 bits per heavy atom. The summed E-state index contributed by atoms with van der Waals surface area (Å²) in [4.78, 5) is 0. The maximum Gasteiger partial charge on any atom is 0.573 e. The maximum atomic E-state index is 13.9. The average Bonchev–Trinajstić information content (AvgIpc) is 2.81. The molecule has 0 heterocycles. The van der Waals surface area contributed by atoms with Crippen LogP contribution >= 0.6 is 0 Å². The van der Waals surface area contributed by atoms with E-state index in [1.807, 2.05) is 24.3 Å². The van der Waals surface area contributed by atoms with Gasteiger partial charge in [-0.15, -0.1) is 13.2 Å². The van der Waals surface area contributed by atoms with Gasteiger partial charge in [-0.1, -0.05) is 76.3 Å². The van der Waals surface area contributed by atoms with Crippen LogP contribution in [0, 0.1) is 41.2 Å². The molecule has 1 saturated carbocycles. The first-order valence-electron chi connectivity index (χ1n) is 12.5. The van der Waals surface area contributed by atoms with E-state index in [2.05, 4.69) is 30.4 Å². The number of rotatable bonds is 8. The molecule has 0 bridgehead atoms. The van der Waals surface area contributed by atoms with Crippen molar-refractivity contribution >= 4 is 0 Å². The van der Waals surface area contributed by atoms with Gasteiger partial charge < -0.3 is 4.74 Å². The standard InChI is InChI=1S/C29H33F5O/c1-3-4-5-6-21-13-15-25(16-14-21)20(2)17-23-10-7-22(8-11-23)9-12-24-18-26(30)28(27(31)19-24)35-29(32,33)34/h7-8,10-11,18-21,25H,3-6,13-17H2,1-2H3. The van der Waals surface area contributed by atoms with E-state index in [1.54, 1.807) is 0 Å². The van der Waals surface area contributed by atoms with Gasteiger partial charge in [0, 0.05) is 11.1 Å². The molecule has 1 fully saturated rings. The molecule has 0 amide bonds. The summed E-state index contributed by atoms with van der Waals surface area (Å²) >= 11 is 0. The summed E-state index contributed by atoms with van der Waals surface area (Å²) in [5, 5.41) is 0. The lowest BCUT2D eigenvalue weighted by atomic mass is 9.73. The van der Waals surface area contributed by atoms with Crippen molar-refractivity contribution in [2.45, 2.75) is 78.0 Å². The fourth-order valence-electron chi connectivity index (χ4n) is 4.98. The molecule has 0 saturated heterocycles. The molecule has 1 aliphatic carbocycles. The molecule has 0 aliphatic heterocycles. The van der Waals surface area contributed by atoms with Crippen LogP contribution in [-0.4, -0.2) is 6.36 Å².